The van der Waals surface area contributed by atoms with E-state index in [0.717, 1.165) is 51.4 Å². The van der Waals surface area contributed by atoms with E-state index in [1.807, 2.05) is 36.5 Å². The summed E-state index contributed by atoms with van der Waals surface area (Å²) >= 11 is 0. The Morgan fingerprint density at radius 3 is 1.98 bits per heavy atom. The molecule has 2 atom stereocenters. The average Bonchev–Trinajstić information content (AvgIpc) is 3.03. The number of ether oxygens (including phenoxy) is 2. The van der Waals surface area contributed by atoms with Gasteiger partial charge >= 0.3 is 19.8 Å². The van der Waals surface area contributed by atoms with Gasteiger partial charge in [-0.15, -0.1) is 0 Å². The van der Waals surface area contributed by atoms with Gasteiger partial charge in [-0.05, 0) is 64.2 Å². The number of carbonyl (C=O) groups is 2. The van der Waals surface area contributed by atoms with Gasteiger partial charge in [0.2, 0.25) is 0 Å². The van der Waals surface area contributed by atoms with Crippen LogP contribution in [0.4, 0.5) is 0 Å². The molecule has 0 radical (unpaired) electrons. The van der Waals surface area contributed by atoms with Crippen LogP contribution < -0.4 is 0 Å². The van der Waals surface area contributed by atoms with Crippen LogP contribution in [0.1, 0.15) is 136 Å². The second-order valence-electron chi connectivity index (χ2n) is 11.7. The van der Waals surface area contributed by atoms with E-state index in [1.54, 1.807) is 6.08 Å². The Morgan fingerprint density at radius 2 is 1.26 bits per heavy atom. The van der Waals surface area contributed by atoms with Crippen LogP contribution in [0.2, 0.25) is 0 Å². The highest BCUT2D eigenvalue weighted by Crippen LogP contribution is 2.35. The van der Waals surface area contributed by atoms with E-state index in [2.05, 4.69) is 36.6 Å². The molecule has 0 fully saturated rings. The van der Waals surface area contributed by atoms with E-state index < -0.39 is 38.6 Å². The summed E-state index contributed by atoms with van der Waals surface area (Å²) in [5.41, 5.74) is 0. The lowest BCUT2D eigenvalue weighted by molar-refractivity contribution is -0.161. The first-order chi connectivity index (χ1) is 22.7. The number of hydrogen-bond acceptors (Lipinski definition) is 7. The molecule has 0 bridgehead atoms. The lowest BCUT2D eigenvalue weighted by Gasteiger charge is -2.18. The summed E-state index contributed by atoms with van der Waals surface area (Å²) in [6, 6.07) is 0. The molecule has 0 rings (SSSR count). The fraction of sp³-hybridized carbons (Fsp3) is 0.676. The zero-order chi connectivity index (χ0) is 34.9. The Balaban J connectivity index is 4.19. The minimum absolute atomic E-state index is 0.155. The normalized spacial score (nSPS) is 13.9. The van der Waals surface area contributed by atoms with Crippen molar-refractivity contribution in [2.45, 2.75) is 148 Å². The zero-order valence-electron chi connectivity index (χ0n) is 29.0. The van der Waals surface area contributed by atoms with Gasteiger partial charge in [0.25, 0.3) is 0 Å². The standard InChI is InChI=1S/C37H63O9P/c1-3-5-7-9-11-12-13-14-19-23-27-31-37(40)46-35(33-45-47(41,42)43)32-44-36(39)30-26-22-18-16-15-17-21-25-29-34(38)28-24-20-10-8-6-4-2/h9,11,16-18,20-21,24-25,29,34-35,38H,3-8,10,12-15,19,22-23,26-28,30-33H2,1-2H3,(H2,41,42,43)/b11-9-,18-16-,21-17-,24-20-,29-25+/t34-,35-/m1/s1. The highest BCUT2D eigenvalue weighted by Gasteiger charge is 2.22. The molecule has 0 aliphatic carbocycles. The Hall–Kier alpha value is -2.29. The average molecular weight is 683 g/mol. The highest BCUT2D eigenvalue weighted by molar-refractivity contribution is 7.46. The smallest absolute Gasteiger partial charge is 0.462 e. The molecule has 0 aliphatic rings. The van der Waals surface area contributed by atoms with Crippen LogP contribution in [-0.4, -0.2) is 52.3 Å². The molecule has 0 aromatic heterocycles. The summed E-state index contributed by atoms with van der Waals surface area (Å²) in [6.07, 6.45) is 35.5. The molecule has 0 saturated carbocycles. The van der Waals surface area contributed by atoms with E-state index in [1.165, 1.54) is 32.1 Å². The lowest BCUT2D eigenvalue weighted by Crippen LogP contribution is -2.29. The van der Waals surface area contributed by atoms with Crippen molar-refractivity contribution >= 4 is 19.8 Å². The third-order valence-electron chi connectivity index (χ3n) is 7.09. The molecule has 0 spiro atoms. The zero-order valence-corrected chi connectivity index (χ0v) is 29.9. The number of phosphoric ester groups is 1. The third-order valence-corrected chi connectivity index (χ3v) is 7.57. The number of esters is 2. The number of carbonyl (C=O) groups excluding carboxylic acids is 2. The Morgan fingerprint density at radius 1 is 0.660 bits per heavy atom. The number of aliphatic hydroxyl groups is 1. The van der Waals surface area contributed by atoms with E-state index in [4.69, 9.17) is 19.3 Å². The Kier molecular flexibility index (Phi) is 30.7. The van der Waals surface area contributed by atoms with Gasteiger partial charge in [0, 0.05) is 12.8 Å². The van der Waals surface area contributed by atoms with Crippen molar-refractivity contribution in [2.24, 2.45) is 0 Å². The maximum atomic E-state index is 12.3. The molecule has 0 aromatic carbocycles. The minimum Gasteiger partial charge on any atom is -0.462 e. The fourth-order valence-corrected chi connectivity index (χ4v) is 4.73. The van der Waals surface area contributed by atoms with Gasteiger partial charge < -0.3 is 24.4 Å². The molecule has 0 amide bonds. The van der Waals surface area contributed by atoms with Crippen molar-refractivity contribution in [2.75, 3.05) is 13.2 Å². The largest absolute Gasteiger partial charge is 0.469 e. The van der Waals surface area contributed by atoms with Crippen molar-refractivity contribution in [3.63, 3.8) is 0 Å². The van der Waals surface area contributed by atoms with E-state index in [0.29, 0.717) is 25.7 Å². The van der Waals surface area contributed by atoms with Gasteiger partial charge in [0.05, 0.1) is 12.7 Å². The van der Waals surface area contributed by atoms with E-state index in [9.17, 15) is 19.3 Å². The highest BCUT2D eigenvalue weighted by atomic mass is 31.2. The summed E-state index contributed by atoms with van der Waals surface area (Å²) in [6.45, 7) is 3.45. The minimum atomic E-state index is -4.78. The first kappa shape index (κ1) is 44.7. The molecule has 10 heteroatoms. The molecule has 9 nitrogen and oxygen atoms in total. The molecule has 3 N–H and O–H groups in total. The van der Waals surface area contributed by atoms with Crippen LogP contribution in [-0.2, 0) is 28.2 Å². The summed E-state index contributed by atoms with van der Waals surface area (Å²) in [4.78, 5) is 42.5. The Bertz CT molecular complexity index is 965. The molecule has 0 saturated heterocycles. The van der Waals surface area contributed by atoms with Crippen molar-refractivity contribution in [1.82, 2.24) is 0 Å². The van der Waals surface area contributed by atoms with Crippen molar-refractivity contribution in [1.29, 1.82) is 0 Å². The van der Waals surface area contributed by atoms with Crippen molar-refractivity contribution in [3.05, 3.63) is 60.8 Å². The molecular weight excluding hydrogens is 619 g/mol. The van der Waals surface area contributed by atoms with Gasteiger partial charge in [-0.3, -0.25) is 14.1 Å². The SMILES string of the molecule is CCCC/C=C\CCCCCCCC(=O)O[C@H](COC(=O)CCC/C=C\C/C=C\C=C\[C@H](O)C/C=C\CCCCC)COP(=O)(O)O. The molecule has 47 heavy (non-hydrogen) atoms. The molecule has 0 aliphatic heterocycles. The van der Waals surface area contributed by atoms with Gasteiger partial charge in [-0.2, -0.15) is 0 Å². The quantitative estimate of drug-likeness (QED) is 0.0215. The van der Waals surface area contributed by atoms with Crippen LogP contribution in [0.3, 0.4) is 0 Å². The predicted molar refractivity (Wildman–Crippen MR) is 190 cm³/mol. The maximum Gasteiger partial charge on any atom is 0.469 e. The summed E-state index contributed by atoms with van der Waals surface area (Å²) in [7, 11) is -4.78. The van der Waals surface area contributed by atoms with Gasteiger partial charge in [-0.25, -0.2) is 4.57 Å². The van der Waals surface area contributed by atoms with Gasteiger partial charge in [0.1, 0.15) is 6.61 Å². The number of phosphoric acid groups is 1. The maximum absolute atomic E-state index is 12.3. The number of hydrogen-bond donors (Lipinski definition) is 3. The van der Waals surface area contributed by atoms with Crippen molar-refractivity contribution < 1.29 is 43.0 Å². The molecule has 0 aromatic rings. The Labute approximate surface area is 284 Å². The first-order valence-corrected chi connectivity index (χ1v) is 19.2. The molecule has 270 valence electrons. The van der Waals surface area contributed by atoms with E-state index in [-0.39, 0.29) is 19.4 Å². The summed E-state index contributed by atoms with van der Waals surface area (Å²) in [5.74, 6) is -1.01. The van der Waals surface area contributed by atoms with Crippen LogP contribution in [0.5, 0.6) is 0 Å². The third kappa shape index (κ3) is 34.9. The second kappa shape index (κ2) is 32.3. The van der Waals surface area contributed by atoms with E-state index >= 15 is 0 Å². The molecule has 0 heterocycles. The van der Waals surface area contributed by atoms with Crippen LogP contribution in [0.15, 0.2) is 60.8 Å². The topological polar surface area (TPSA) is 140 Å². The number of unbranched alkanes of at least 4 members (excludes halogenated alkanes) is 11. The van der Waals surface area contributed by atoms with Gasteiger partial charge in [-0.1, -0.05) is 120 Å². The number of aliphatic hydroxyl groups excluding tert-OH is 1. The first-order valence-electron chi connectivity index (χ1n) is 17.7. The fourth-order valence-electron chi connectivity index (χ4n) is 4.37. The van der Waals surface area contributed by atoms with Crippen LogP contribution >= 0.6 is 7.82 Å². The summed E-state index contributed by atoms with van der Waals surface area (Å²) in [5, 5.41) is 9.97. The number of rotatable bonds is 31. The second-order valence-corrected chi connectivity index (χ2v) is 12.9. The molecule has 0 unspecified atom stereocenters. The van der Waals surface area contributed by atoms with Gasteiger partial charge in [0.15, 0.2) is 6.10 Å². The summed E-state index contributed by atoms with van der Waals surface area (Å²) < 4.78 is 26.1. The van der Waals surface area contributed by atoms with Crippen LogP contribution in [0.25, 0.3) is 0 Å². The van der Waals surface area contributed by atoms with Crippen molar-refractivity contribution in [3.8, 4) is 0 Å². The predicted octanol–water partition coefficient (Wildman–Crippen LogP) is 9.14. The molecular formula is C37H63O9P. The monoisotopic (exact) mass is 682 g/mol. The lowest BCUT2D eigenvalue weighted by atomic mass is 10.1. The van der Waals surface area contributed by atoms with Crippen LogP contribution in [0, 0.1) is 0 Å². The number of allylic oxidation sites excluding steroid dienone is 8.